The van der Waals surface area contributed by atoms with Crippen LogP contribution in [0.2, 0.25) is 0 Å². The zero-order valence-corrected chi connectivity index (χ0v) is 11.7. The number of rotatable bonds is 2. The molecule has 0 atom stereocenters. The number of fused-ring (bicyclic) bond motifs is 1. The van der Waals surface area contributed by atoms with Crippen molar-refractivity contribution in [3.8, 4) is 0 Å². The van der Waals surface area contributed by atoms with Crippen LogP contribution in [0.15, 0.2) is 11.1 Å². The maximum absolute atomic E-state index is 12.2. The second-order valence-electron chi connectivity index (χ2n) is 5.30. The largest absolute Gasteiger partial charge is 0.297 e. The molecule has 0 bridgehead atoms. The number of carbonyl (C=O) groups excluding carboxylic acids is 1. The first kappa shape index (κ1) is 12.9. The number of hydrogen-bond acceptors (Lipinski definition) is 5. The van der Waals surface area contributed by atoms with Crippen LogP contribution >= 0.6 is 11.5 Å². The molecule has 5 nitrogen and oxygen atoms in total. The standard InChI is InChI=1S/C12H15N3O2S/c1-7-9-10(18-14-7)13-6-15(11(9)17)5-8(16)12(2,3)4/h6H,5H2,1-4H3. The third-order valence-corrected chi connectivity index (χ3v) is 3.63. The van der Waals surface area contributed by atoms with E-state index in [0.29, 0.717) is 15.9 Å². The van der Waals surface area contributed by atoms with E-state index in [-0.39, 0.29) is 17.9 Å². The summed E-state index contributed by atoms with van der Waals surface area (Å²) in [5.41, 5.74) is 0.0185. The highest BCUT2D eigenvalue weighted by atomic mass is 32.1. The Kier molecular flexibility index (Phi) is 3.06. The number of carbonyl (C=O) groups is 1. The monoisotopic (exact) mass is 265 g/mol. The van der Waals surface area contributed by atoms with Crippen molar-refractivity contribution in [1.82, 2.24) is 13.9 Å². The van der Waals surface area contributed by atoms with Crippen molar-refractivity contribution in [2.24, 2.45) is 5.41 Å². The summed E-state index contributed by atoms with van der Waals surface area (Å²) in [4.78, 5) is 28.9. The van der Waals surface area contributed by atoms with Gasteiger partial charge >= 0.3 is 0 Å². The first-order valence-electron chi connectivity index (χ1n) is 5.65. The summed E-state index contributed by atoms with van der Waals surface area (Å²) in [7, 11) is 0. The van der Waals surface area contributed by atoms with Crippen LogP contribution in [0.5, 0.6) is 0 Å². The van der Waals surface area contributed by atoms with E-state index in [2.05, 4.69) is 9.36 Å². The number of aryl methyl sites for hydroxylation is 1. The maximum atomic E-state index is 12.2. The van der Waals surface area contributed by atoms with E-state index in [9.17, 15) is 9.59 Å². The first-order chi connectivity index (χ1) is 8.30. The predicted molar refractivity (Wildman–Crippen MR) is 70.9 cm³/mol. The smallest absolute Gasteiger partial charge is 0.264 e. The lowest BCUT2D eigenvalue weighted by Gasteiger charge is -2.16. The van der Waals surface area contributed by atoms with Crippen molar-refractivity contribution >= 4 is 27.5 Å². The Hall–Kier alpha value is -1.56. The molecule has 2 heterocycles. The zero-order valence-electron chi connectivity index (χ0n) is 10.9. The molecular formula is C12H15N3O2S. The highest BCUT2D eigenvalue weighted by molar-refractivity contribution is 7.12. The van der Waals surface area contributed by atoms with E-state index in [4.69, 9.17) is 0 Å². The van der Waals surface area contributed by atoms with Gasteiger partial charge in [0, 0.05) is 5.41 Å². The Morgan fingerprint density at radius 2 is 2.11 bits per heavy atom. The fraction of sp³-hybridized carbons (Fsp3) is 0.500. The van der Waals surface area contributed by atoms with Crippen LogP contribution in [-0.4, -0.2) is 19.7 Å². The van der Waals surface area contributed by atoms with Gasteiger partial charge in [-0.2, -0.15) is 4.37 Å². The van der Waals surface area contributed by atoms with Crippen LogP contribution in [-0.2, 0) is 11.3 Å². The molecule has 0 saturated heterocycles. The van der Waals surface area contributed by atoms with E-state index in [0.717, 1.165) is 0 Å². The van der Waals surface area contributed by atoms with Gasteiger partial charge in [-0.1, -0.05) is 20.8 Å². The molecular weight excluding hydrogens is 250 g/mol. The SMILES string of the molecule is Cc1nsc2ncn(CC(=O)C(C)(C)C)c(=O)c12. The Balaban J connectivity index is 2.47. The second kappa shape index (κ2) is 4.28. The van der Waals surface area contributed by atoms with E-state index in [1.165, 1.54) is 22.4 Å². The molecule has 2 aromatic heterocycles. The molecule has 0 aliphatic carbocycles. The molecule has 0 radical (unpaired) electrons. The third-order valence-electron chi connectivity index (χ3n) is 2.78. The van der Waals surface area contributed by atoms with Crippen molar-refractivity contribution in [2.45, 2.75) is 34.2 Å². The molecule has 0 N–H and O–H groups in total. The van der Waals surface area contributed by atoms with Crippen molar-refractivity contribution in [3.05, 3.63) is 22.4 Å². The molecule has 0 fully saturated rings. The van der Waals surface area contributed by atoms with E-state index >= 15 is 0 Å². The van der Waals surface area contributed by atoms with Crippen LogP contribution in [0.4, 0.5) is 0 Å². The summed E-state index contributed by atoms with van der Waals surface area (Å²) in [5, 5.41) is 0.518. The molecule has 0 unspecified atom stereocenters. The maximum Gasteiger partial charge on any atom is 0.264 e. The normalized spacial score (nSPS) is 12.0. The number of Topliss-reactive ketones (excluding diaryl/α,β-unsaturated/α-hetero) is 1. The van der Waals surface area contributed by atoms with Gasteiger partial charge in [-0.05, 0) is 18.5 Å². The summed E-state index contributed by atoms with van der Waals surface area (Å²) in [6.45, 7) is 7.34. The Labute approximate surface area is 109 Å². The van der Waals surface area contributed by atoms with Gasteiger partial charge in [-0.15, -0.1) is 0 Å². The average Bonchev–Trinajstić information content (AvgIpc) is 2.63. The molecule has 0 spiro atoms. The van der Waals surface area contributed by atoms with Crippen molar-refractivity contribution in [3.63, 3.8) is 0 Å². The lowest BCUT2D eigenvalue weighted by molar-refractivity contribution is -0.126. The van der Waals surface area contributed by atoms with Crippen molar-refractivity contribution < 1.29 is 4.79 Å². The molecule has 0 amide bonds. The van der Waals surface area contributed by atoms with Crippen molar-refractivity contribution in [1.29, 1.82) is 0 Å². The summed E-state index contributed by atoms with van der Waals surface area (Å²) in [6.07, 6.45) is 1.42. The van der Waals surface area contributed by atoms with Crippen LogP contribution in [0, 0.1) is 12.3 Å². The summed E-state index contributed by atoms with van der Waals surface area (Å²) in [5.74, 6) is 0.00610. The van der Waals surface area contributed by atoms with Crippen LogP contribution in [0.1, 0.15) is 26.5 Å². The second-order valence-corrected chi connectivity index (χ2v) is 6.05. The minimum atomic E-state index is -0.462. The topological polar surface area (TPSA) is 64.8 Å². The van der Waals surface area contributed by atoms with Gasteiger partial charge < -0.3 is 0 Å². The Morgan fingerprint density at radius 3 is 2.72 bits per heavy atom. The van der Waals surface area contributed by atoms with Gasteiger partial charge in [-0.3, -0.25) is 14.2 Å². The zero-order chi connectivity index (χ0) is 13.5. The quantitative estimate of drug-likeness (QED) is 0.830. The molecule has 2 aromatic rings. The predicted octanol–water partition coefficient (Wildman–Crippen LogP) is 1.78. The fourth-order valence-electron chi connectivity index (χ4n) is 1.51. The minimum Gasteiger partial charge on any atom is -0.297 e. The highest BCUT2D eigenvalue weighted by Gasteiger charge is 2.22. The Bertz CT molecular complexity index is 664. The van der Waals surface area contributed by atoms with Gasteiger partial charge in [-0.25, -0.2) is 4.98 Å². The van der Waals surface area contributed by atoms with E-state index in [1.54, 1.807) is 6.92 Å². The fourth-order valence-corrected chi connectivity index (χ4v) is 2.25. The van der Waals surface area contributed by atoms with Gasteiger partial charge in [0.2, 0.25) is 0 Å². The van der Waals surface area contributed by atoms with Gasteiger partial charge in [0.25, 0.3) is 5.56 Å². The molecule has 6 heteroatoms. The lowest BCUT2D eigenvalue weighted by atomic mass is 9.91. The molecule has 96 valence electrons. The van der Waals surface area contributed by atoms with Crippen molar-refractivity contribution in [2.75, 3.05) is 0 Å². The van der Waals surface area contributed by atoms with Gasteiger partial charge in [0.15, 0.2) is 10.6 Å². The molecule has 0 saturated carbocycles. The van der Waals surface area contributed by atoms with Gasteiger partial charge in [0.05, 0.1) is 24.0 Å². The minimum absolute atomic E-state index is 0.00610. The van der Waals surface area contributed by atoms with E-state index < -0.39 is 5.41 Å². The van der Waals surface area contributed by atoms with Crippen LogP contribution in [0.25, 0.3) is 10.2 Å². The number of nitrogens with zero attached hydrogens (tertiary/aromatic N) is 3. The number of ketones is 1. The molecule has 18 heavy (non-hydrogen) atoms. The van der Waals surface area contributed by atoms with Crippen LogP contribution in [0.3, 0.4) is 0 Å². The molecule has 2 rings (SSSR count). The molecule has 0 aliphatic rings. The number of hydrogen-bond donors (Lipinski definition) is 0. The summed E-state index contributed by atoms with van der Waals surface area (Å²) < 4.78 is 5.46. The summed E-state index contributed by atoms with van der Waals surface area (Å²) in [6, 6.07) is 0. The average molecular weight is 265 g/mol. The van der Waals surface area contributed by atoms with E-state index in [1.807, 2.05) is 20.8 Å². The summed E-state index contributed by atoms with van der Waals surface area (Å²) >= 11 is 1.20. The Morgan fingerprint density at radius 1 is 1.44 bits per heavy atom. The lowest BCUT2D eigenvalue weighted by Crippen LogP contribution is -2.30. The van der Waals surface area contributed by atoms with Crippen LogP contribution < -0.4 is 5.56 Å². The molecule has 0 aromatic carbocycles. The third kappa shape index (κ3) is 2.20. The molecule has 0 aliphatic heterocycles. The number of aromatic nitrogens is 3. The first-order valence-corrected chi connectivity index (χ1v) is 6.43. The van der Waals surface area contributed by atoms with Gasteiger partial charge in [0.1, 0.15) is 0 Å². The highest BCUT2D eigenvalue weighted by Crippen LogP contribution is 2.17.